The maximum Gasteiger partial charge on any atom is 0.425 e. The van der Waals surface area contributed by atoms with Crippen LogP contribution < -0.4 is 0 Å². The second kappa shape index (κ2) is 12.7. The van der Waals surface area contributed by atoms with Gasteiger partial charge in [-0.05, 0) is 30.2 Å². The molecule has 1 fully saturated rings. The normalized spacial score (nSPS) is 24.1. The molecule has 0 unspecified atom stereocenters. The topological polar surface area (TPSA) is 55.4 Å². The van der Waals surface area contributed by atoms with Crippen molar-refractivity contribution in [3.05, 3.63) is 0 Å². The first-order valence-electron chi connectivity index (χ1n) is 9.00. The molecule has 0 aliphatic carbocycles. The van der Waals surface area contributed by atoms with Crippen LogP contribution >= 0.6 is 11.1 Å². The SMILES string of the molecule is CC[Si]1O[Si](CC)O[Si](CC)O[Si](Cl)(CC)O[Si](CC)O[Si](CC)O1. The van der Waals surface area contributed by atoms with E-state index in [1.807, 2.05) is 6.92 Å². The summed E-state index contributed by atoms with van der Waals surface area (Å²) in [5.74, 6) is 0. The lowest BCUT2D eigenvalue weighted by atomic mass is 11.0. The van der Waals surface area contributed by atoms with Gasteiger partial charge in [-0.1, -0.05) is 41.5 Å². The molecule has 13 heteroatoms. The van der Waals surface area contributed by atoms with Crippen LogP contribution in [0, 0.1) is 0 Å². The predicted molar refractivity (Wildman–Crippen MR) is 110 cm³/mol. The Bertz CT molecular complexity index is 347. The minimum Gasteiger partial charge on any atom is -0.414 e. The van der Waals surface area contributed by atoms with Gasteiger partial charge in [0.15, 0.2) is 0 Å². The Morgan fingerprint density at radius 2 is 0.840 bits per heavy atom. The number of hydrogen-bond acceptors (Lipinski definition) is 6. The molecule has 0 spiro atoms. The van der Waals surface area contributed by atoms with Crippen molar-refractivity contribution in [1.82, 2.24) is 0 Å². The minimum atomic E-state index is -2.82. The summed E-state index contributed by atoms with van der Waals surface area (Å²) in [4.78, 5) is 0. The molecule has 0 atom stereocenters. The van der Waals surface area contributed by atoms with Gasteiger partial charge in [0.25, 0.3) is 0 Å². The second-order valence-corrected chi connectivity index (χ2v) is 21.2. The van der Waals surface area contributed by atoms with Crippen molar-refractivity contribution in [1.29, 1.82) is 0 Å². The van der Waals surface area contributed by atoms with Gasteiger partial charge in [-0.3, -0.25) is 0 Å². The van der Waals surface area contributed by atoms with Crippen LogP contribution in [0.25, 0.3) is 0 Å². The van der Waals surface area contributed by atoms with Crippen LogP contribution in [0.2, 0.25) is 36.3 Å². The highest BCUT2D eigenvalue weighted by molar-refractivity contribution is 7.16. The van der Waals surface area contributed by atoms with Crippen molar-refractivity contribution in [3.63, 3.8) is 0 Å². The van der Waals surface area contributed by atoms with Crippen LogP contribution in [-0.4, -0.2) is 54.3 Å². The van der Waals surface area contributed by atoms with Crippen molar-refractivity contribution >= 4 is 65.4 Å². The van der Waals surface area contributed by atoms with Crippen molar-refractivity contribution in [2.75, 3.05) is 0 Å². The predicted octanol–water partition coefficient (Wildman–Crippen LogP) is 3.84. The summed E-state index contributed by atoms with van der Waals surface area (Å²) >= 11 is 6.77. The maximum atomic E-state index is 6.77. The van der Waals surface area contributed by atoms with Crippen LogP contribution in [0.5, 0.6) is 0 Å². The van der Waals surface area contributed by atoms with E-state index in [1.165, 1.54) is 0 Å². The first-order valence-corrected chi connectivity index (χ1v) is 19.7. The van der Waals surface area contributed by atoms with E-state index >= 15 is 0 Å². The molecule has 1 saturated heterocycles. The molecular formula is C12H30ClO6Si6. The summed E-state index contributed by atoms with van der Waals surface area (Å²) in [7, 11) is -10.1. The average molecular weight is 474 g/mol. The Morgan fingerprint density at radius 3 is 1.08 bits per heavy atom. The Labute approximate surface area is 167 Å². The third kappa shape index (κ3) is 8.49. The Balaban J connectivity index is 3.04. The largest absolute Gasteiger partial charge is 0.425 e. The Hall–Kier alpha value is 1.35. The van der Waals surface area contributed by atoms with Crippen molar-refractivity contribution in [2.45, 2.75) is 77.8 Å². The highest BCUT2D eigenvalue weighted by Gasteiger charge is 2.43. The summed E-state index contributed by atoms with van der Waals surface area (Å²) in [5, 5.41) is 0. The van der Waals surface area contributed by atoms with E-state index in [2.05, 4.69) is 34.6 Å². The first kappa shape index (κ1) is 24.4. The van der Waals surface area contributed by atoms with Crippen molar-refractivity contribution in [2.24, 2.45) is 0 Å². The van der Waals surface area contributed by atoms with Crippen LogP contribution in [0.3, 0.4) is 0 Å². The van der Waals surface area contributed by atoms with E-state index in [0.29, 0.717) is 6.04 Å². The fourth-order valence-electron chi connectivity index (χ4n) is 1.84. The molecule has 0 aromatic rings. The van der Waals surface area contributed by atoms with Crippen molar-refractivity contribution in [3.8, 4) is 0 Å². The standard InChI is InChI=1S/C12H30ClO6Si6/c1-7-20-14-21(8-2)16-23(10-4)18-25(13,12-6)19-24(11-5)17-22(9-3)15-20/h7-12H2,1-6H3. The van der Waals surface area contributed by atoms with E-state index < -0.39 is 54.3 Å². The maximum absolute atomic E-state index is 6.77. The highest BCUT2D eigenvalue weighted by Crippen LogP contribution is 2.25. The molecule has 5 radical (unpaired) electrons. The second-order valence-electron chi connectivity index (χ2n) is 5.25. The van der Waals surface area contributed by atoms with Gasteiger partial charge >= 0.3 is 54.3 Å². The van der Waals surface area contributed by atoms with Gasteiger partial charge in [0.1, 0.15) is 0 Å². The van der Waals surface area contributed by atoms with Gasteiger partial charge in [0.2, 0.25) is 0 Å². The smallest absolute Gasteiger partial charge is 0.414 e. The molecular weight excluding hydrogens is 444 g/mol. The lowest BCUT2D eigenvalue weighted by Crippen LogP contribution is -2.51. The zero-order valence-electron chi connectivity index (χ0n) is 16.1. The average Bonchev–Trinajstić information content (AvgIpc) is 2.63. The first-order chi connectivity index (χ1) is 11.9. The summed E-state index contributed by atoms with van der Waals surface area (Å²) in [6, 6.07) is 4.85. The molecule has 0 N–H and O–H groups in total. The lowest BCUT2D eigenvalue weighted by Gasteiger charge is -2.33. The van der Waals surface area contributed by atoms with Gasteiger partial charge in [-0.2, -0.15) is 0 Å². The zero-order valence-corrected chi connectivity index (χ0v) is 22.8. The third-order valence-electron chi connectivity index (χ3n) is 3.31. The van der Waals surface area contributed by atoms with Crippen LogP contribution in [-0.2, 0) is 24.7 Å². The molecule has 25 heavy (non-hydrogen) atoms. The number of rotatable bonds is 6. The van der Waals surface area contributed by atoms with E-state index in [9.17, 15) is 0 Å². The molecule has 0 aromatic carbocycles. The summed E-state index contributed by atoms with van der Waals surface area (Å²) in [5.41, 5.74) is 0. The molecule has 1 heterocycles. The monoisotopic (exact) mass is 473 g/mol. The Kier molecular flexibility index (Phi) is 12.4. The van der Waals surface area contributed by atoms with Gasteiger partial charge < -0.3 is 24.7 Å². The molecule has 145 valence electrons. The van der Waals surface area contributed by atoms with Gasteiger partial charge in [0.05, 0.1) is 0 Å². The third-order valence-corrected chi connectivity index (χ3v) is 20.8. The number of hydrogen-bond donors (Lipinski definition) is 0. The highest BCUT2D eigenvalue weighted by atomic mass is 35.6. The molecule has 1 aliphatic rings. The van der Waals surface area contributed by atoms with Crippen LogP contribution in [0.1, 0.15) is 41.5 Å². The summed E-state index contributed by atoms with van der Waals surface area (Å²) < 4.78 is 37.5. The van der Waals surface area contributed by atoms with Crippen molar-refractivity contribution < 1.29 is 24.7 Å². The zero-order chi connectivity index (χ0) is 18.9. The van der Waals surface area contributed by atoms with Crippen LogP contribution in [0.15, 0.2) is 0 Å². The molecule has 1 aliphatic heterocycles. The Morgan fingerprint density at radius 1 is 0.560 bits per heavy atom. The fourth-order valence-corrected chi connectivity index (χ4v) is 20.3. The van der Waals surface area contributed by atoms with E-state index in [4.69, 9.17) is 35.8 Å². The van der Waals surface area contributed by atoms with E-state index in [-0.39, 0.29) is 0 Å². The fraction of sp³-hybridized carbons (Fsp3) is 1.00. The van der Waals surface area contributed by atoms with E-state index in [0.717, 1.165) is 30.2 Å². The summed E-state index contributed by atoms with van der Waals surface area (Å²) in [6.07, 6.45) is 0. The van der Waals surface area contributed by atoms with Gasteiger partial charge in [-0.25, -0.2) is 0 Å². The van der Waals surface area contributed by atoms with Gasteiger partial charge in [-0.15, -0.1) is 11.1 Å². The van der Waals surface area contributed by atoms with E-state index in [1.54, 1.807) is 0 Å². The molecule has 0 bridgehead atoms. The summed E-state index contributed by atoms with van der Waals surface area (Å²) in [6.45, 7) is 12.4. The lowest BCUT2D eigenvalue weighted by molar-refractivity contribution is 0.278. The van der Waals surface area contributed by atoms with Crippen LogP contribution in [0.4, 0.5) is 0 Å². The number of halogens is 1. The molecule has 0 aromatic heterocycles. The molecule has 6 nitrogen and oxygen atoms in total. The quantitative estimate of drug-likeness (QED) is 0.431. The minimum absolute atomic E-state index is 0.664. The molecule has 0 saturated carbocycles. The molecule has 0 amide bonds. The molecule has 1 rings (SSSR count). The van der Waals surface area contributed by atoms with Gasteiger partial charge in [0, 0.05) is 6.04 Å².